The number of halogens is 2. The first-order valence-corrected chi connectivity index (χ1v) is 14.0. The van der Waals surface area contributed by atoms with Crippen molar-refractivity contribution in [2.45, 2.75) is 32.1 Å². The Kier molecular flexibility index (Phi) is 7.91. The van der Waals surface area contributed by atoms with E-state index in [1.54, 1.807) is 46.6 Å². The number of imidazole rings is 1. The Labute approximate surface area is 246 Å². The summed E-state index contributed by atoms with van der Waals surface area (Å²) in [4.78, 5) is 38.6. The second kappa shape index (κ2) is 11.9. The molecule has 2 aliphatic heterocycles. The van der Waals surface area contributed by atoms with Gasteiger partial charge in [0.25, 0.3) is 5.91 Å². The summed E-state index contributed by atoms with van der Waals surface area (Å²) < 4.78 is 31.3. The maximum atomic E-state index is 13.3. The van der Waals surface area contributed by atoms with Crippen molar-refractivity contribution < 1.29 is 28.2 Å². The minimum atomic E-state index is -2.89. The molecular formula is C30H31F2N7O4. The molecule has 0 saturated carbocycles. The van der Waals surface area contributed by atoms with Crippen molar-refractivity contribution in [3.05, 3.63) is 72.2 Å². The molecule has 0 radical (unpaired) electrons. The molecule has 2 aliphatic rings. The molecule has 11 nitrogen and oxygen atoms in total. The number of anilines is 2. The molecule has 4 aromatic rings. The van der Waals surface area contributed by atoms with Gasteiger partial charge in [-0.05, 0) is 61.4 Å². The number of aryl methyl sites for hydroxylation is 1. The van der Waals surface area contributed by atoms with Crippen molar-refractivity contribution >= 4 is 29.0 Å². The number of hydrogen-bond donors (Lipinski definition) is 3. The fourth-order valence-electron chi connectivity index (χ4n) is 5.57. The number of ether oxygens (including phenoxy) is 1. The largest absolute Gasteiger partial charge is 0.435 e. The van der Waals surface area contributed by atoms with E-state index in [4.69, 9.17) is 0 Å². The third-order valence-electron chi connectivity index (χ3n) is 7.81. The molecule has 2 aromatic heterocycles. The lowest BCUT2D eigenvalue weighted by atomic mass is 10.1. The first-order valence-electron chi connectivity index (χ1n) is 14.0. The molecule has 2 fully saturated rings. The zero-order valence-electron chi connectivity index (χ0n) is 23.4. The predicted molar refractivity (Wildman–Crippen MR) is 154 cm³/mol. The number of β-amino-alcohol motifs (C(OH)–C–C–N with tert-alkyl or cyclic N) is 1. The highest BCUT2D eigenvalue weighted by molar-refractivity contribution is 5.96. The monoisotopic (exact) mass is 591 g/mol. The number of carbonyl (C=O) groups excluding carboxylic acids is 2. The van der Waals surface area contributed by atoms with E-state index < -0.39 is 12.7 Å². The molecule has 1 unspecified atom stereocenters. The van der Waals surface area contributed by atoms with Crippen LogP contribution in [-0.2, 0) is 4.79 Å². The molecule has 2 atom stereocenters. The van der Waals surface area contributed by atoms with Crippen LogP contribution in [0.1, 0.15) is 22.3 Å². The van der Waals surface area contributed by atoms with Crippen LogP contribution in [0.3, 0.4) is 0 Å². The lowest BCUT2D eigenvalue weighted by Gasteiger charge is -2.36. The summed E-state index contributed by atoms with van der Waals surface area (Å²) in [7, 11) is 0. The van der Waals surface area contributed by atoms with Crippen LogP contribution in [0.5, 0.6) is 5.75 Å². The van der Waals surface area contributed by atoms with Gasteiger partial charge >= 0.3 is 6.61 Å². The predicted octanol–water partition coefficient (Wildman–Crippen LogP) is 3.06. The van der Waals surface area contributed by atoms with Crippen LogP contribution in [0, 0.1) is 6.92 Å². The van der Waals surface area contributed by atoms with Gasteiger partial charge in [-0.25, -0.2) is 9.97 Å². The Morgan fingerprint density at radius 2 is 1.81 bits per heavy atom. The fraction of sp³-hybridized carbons (Fsp3) is 0.333. The topological polar surface area (TPSA) is 124 Å². The highest BCUT2D eigenvalue weighted by Crippen LogP contribution is 2.28. The maximum Gasteiger partial charge on any atom is 0.387 e. The number of rotatable bonds is 7. The number of alkyl halides is 2. The number of aromatic nitrogens is 3. The number of amides is 2. The van der Waals surface area contributed by atoms with Gasteiger partial charge in [0.1, 0.15) is 5.75 Å². The van der Waals surface area contributed by atoms with Gasteiger partial charge in [0.05, 0.1) is 24.0 Å². The Morgan fingerprint density at radius 3 is 2.49 bits per heavy atom. The van der Waals surface area contributed by atoms with Crippen molar-refractivity contribution in [1.82, 2.24) is 29.5 Å². The fourth-order valence-corrected chi connectivity index (χ4v) is 5.57. The first kappa shape index (κ1) is 28.5. The smallest absolute Gasteiger partial charge is 0.387 e. The summed E-state index contributed by atoms with van der Waals surface area (Å²) in [5, 5.41) is 16.1. The quantitative estimate of drug-likeness (QED) is 0.300. The Morgan fingerprint density at radius 1 is 1.07 bits per heavy atom. The van der Waals surface area contributed by atoms with Crippen molar-refractivity contribution in [2.24, 2.45) is 0 Å². The second-order valence-corrected chi connectivity index (χ2v) is 10.6. The summed E-state index contributed by atoms with van der Waals surface area (Å²) in [6.07, 6.45) is 4.99. The number of hydrogen-bond acceptors (Lipinski definition) is 8. The zero-order chi connectivity index (χ0) is 30.1. The van der Waals surface area contributed by atoms with Crippen molar-refractivity contribution in [3.8, 4) is 17.0 Å². The van der Waals surface area contributed by atoms with Crippen LogP contribution in [0.4, 0.5) is 20.3 Å². The number of aliphatic hydroxyl groups is 1. The minimum Gasteiger partial charge on any atom is -0.435 e. The summed E-state index contributed by atoms with van der Waals surface area (Å²) >= 11 is 0. The maximum absolute atomic E-state index is 13.3. The molecule has 3 N–H and O–H groups in total. The molecule has 0 aliphatic carbocycles. The molecular weight excluding hydrogens is 560 g/mol. The van der Waals surface area contributed by atoms with E-state index in [2.05, 4.69) is 25.3 Å². The molecule has 224 valence electrons. The third-order valence-corrected chi connectivity index (χ3v) is 7.81. The SMILES string of the molecule is Cc1cc(Nc2nccn3c(-c4ccc(OC(F)F)cc4)cnc23)ccc1C(=O)N1CCN(C(=O)C2C[C@H](O)CN2)CC1. The number of nitrogens with zero attached hydrogens (tertiary/aromatic N) is 5. The van der Waals surface area contributed by atoms with Gasteiger partial charge in [-0.2, -0.15) is 8.78 Å². The molecule has 2 amide bonds. The molecule has 0 bridgehead atoms. The lowest BCUT2D eigenvalue weighted by Crippen LogP contribution is -2.54. The normalized spacial score (nSPS) is 18.8. The number of benzene rings is 2. The number of piperazine rings is 1. The van der Waals surface area contributed by atoms with E-state index in [0.717, 1.165) is 22.5 Å². The van der Waals surface area contributed by atoms with Crippen molar-refractivity contribution in [3.63, 3.8) is 0 Å². The molecule has 2 aromatic carbocycles. The summed E-state index contributed by atoms with van der Waals surface area (Å²) in [5.41, 5.74) is 4.19. The van der Waals surface area contributed by atoms with Gasteiger partial charge in [-0.3, -0.25) is 14.0 Å². The second-order valence-electron chi connectivity index (χ2n) is 10.6. The van der Waals surface area contributed by atoms with E-state index >= 15 is 0 Å². The summed E-state index contributed by atoms with van der Waals surface area (Å²) in [6, 6.07) is 11.4. The van der Waals surface area contributed by atoms with Crippen LogP contribution >= 0.6 is 0 Å². The van der Waals surface area contributed by atoms with Crippen LogP contribution in [0.15, 0.2) is 61.1 Å². The molecule has 2 saturated heterocycles. The first-order chi connectivity index (χ1) is 20.8. The van der Waals surface area contributed by atoms with E-state index in [9.17, 15) is 23.5 Å². The lowest BCUT2D eigenvalue weighted by molar-refractivity contribution is -0.134. The van der Waals surface area contributed by atoms with Gasteiger partial charge < -0.3 is 30.3 Å². The summed E-state index contributed by atoms with van der Waals surface area (Å²) in [6.45, 7) is 1.19. The van der Waals surface area contributed by atoms with E-state index in [1.165, 1.54) is 12.1 Å². The van der Waals surface area contributed by atoms with Gasteiger partial charge in [-0.1, -0.05) is 0 Å². The van der Waals surface area contributed by atoms with Crippen molar-refractivity contribution in [2.75, 3.05) is 38.0 Å². The van der Waals surface area contributed by atoms with E-state index in [-0.39, 0.29) is 23.6 Å². The van der Waals surface area contributed by atoms with E-state index in [1.807, 2.05) is 23.5 Å². The van der Waals surface area contributed by atoms with Crippen LogP contribution in [-0.4, -0.2) is 92.6 Å². The number of nitrogens with one attached hydrogen (secondary N) is 2. The van der Waals surface area contributed by atoms with Crippen molar-refractivity contribution in [1.29, 1.82) is 0 Å². The molecule has 13 heteroatoms. The Bertz CT molecular complexity index is 1640. The molecule has 6 rings (SSSR count). The average molecular weight is 592 g/mol. The number of aliphatic hydroxyl groups excluding tert-OH is 1. The highest BCUT2D eigenvalue weighted by Gasteiger charge is 2.33. The van der Waals surface area contributed by atoms with Gasteiger partial charge in [0.2, 0.25) is 5.91 Å². The Balaban J connectivity index is 1.12. The molecule has 43 heavy (non-hydrogen) atoms. The van der Waals surface area contributed by atoms with Crippen LogP contribution in [0.2, 0.25) is 0 Å². The average Bonchev–Trinajstić information content (AvgIpc) is 3.64. The minimum absolute atomic E-state index is 0.0270. The van der Waals surface area contributed by atoms with Gasteiger partial charge in [0.15, 0.2) is 11.5 Å². The van der Waals surface area contributed by atoms with Gasteiger partial charge in [0, 0.05) is 61.9 Å². The number of carbonyl (C=O) groups is 2. The number of fused-ring (bicyclic) bond motifs is 1. The van der Waals surface area contributed by atoms with E-state index in [0.29, 0.717) is 56.2 Å². The molecule has 4 heterocycles. The Hall–Kier alpha value is -4.62. The van der Waals surface area contributed by atoms with Crippen LogP contribution < -0.4 is 15.4 Å². The third kappa shape index (κ3) is 5.99. The standard InChI is InChI=1S/C30H31F2N7O4/c1-18-14-20(4-7-23(18)28(41)37-10-12-38(13-11-37)29(42)24-15-21(40)16-34-24)36-26-27-35-17-25(39(27)9-8-33-26)19-2-5-22(6-3-19)43-30(31)32/h2-9,14,17,21,24,30,34,40H,10-13,15-16H2,1H3,(H,33,36)/t21-,24?/m0/s1. The molecule has 0 spiro atoms. The van der Waals surface area contributed by atoms with Crippen LogP contribution in [0.25, 0.3) is 16.9 Å². The zero-order valence-corrected chi connectivity index (χ0v) is 23.4. The summed E-state index contributed by atoms with van der Waals surface area (Å²) in [5.74, 6) is 0.467. The highest BCUT2D eigenvalue weighted by atomic mass is 19.3. The van der Waals surface area contributed by atoms with Gasteiger partial charge in [-0.15, -0.1) is 0 Å².